The number of allylic oxidation sites excluding steroid dienone is 2. The Morgan fingerprint density at radius 3 is 2.66 bits per heavy atom. The van der Waals surface area contributed by atoms with Crippen LogP contribution >= 0.6 is 0 Å². The summed E-state index contributed by atoms with van der Waals surface area (Å²) in [4.78, 5) is 23.3. The van der Waals surface area contributed by atoms with E-state index in [0.29, 0.717) is 45.3 Å². The molecule has 1 heterocycles. The number of carbonyl (C=O) groups is 2. The van der Waals surface area contributed by atoms with E-state index < -0.39 is 17.9 Å². The molecule has 2 fully saturated rings. The van der Waals surface area contributed by atoms with Crippen molar-refractivity contribution < 1.29 is 34.0 Å². The monoisotopic (exact) mass is 482 g/mol. The number of fused-ring (bicyclic) bond motifs is 1. The van der Waals surface area contributed by atoms with Crippen LogP contribution in [0.2, 0.25) is 0 Å². The Kier molecular flexibility index (Phi) is 8.55. The summed E-state index contributed by atoms with van der Waals surface area (Å²) in [5, 5.41) is 21.4. The maximum absolute atomic E-state index is 12.7. The summed E-state index contributed by atoms with van der Waals surface area (Å²) in [6.07, 6.45) is 6.45. The molecule has 1 saturated heterocycles. The molecule has 188 valence electrons. The molecule has 2 aromatic rings. The lowest BCUT2D eigenvalue weighted by atomic mass is 9.86. The first-order chi connectivity index (χ1) is 17.0. The third-order valence-corrected chi connectivity index (χ3v) is 7.00. The SMILES string of the molecule is O=C(O)CCC/C=C\C[C@H]1[C@@H](O)CC(=O)[C@@H]1CCC1(COc2ccc3ccccc3c2)OCCO1. The highest BCUT2D eigenvalue weighted by Crippen LogP contribution is 2.38. The van der Waals surface area contributed by atoms with Gasteiger partial charge in [-0.15, -0.1) is 0 Å². The Hall–Kier alpha value is -2.74. The maximum Gasteiger partial charge on any atom is 0.303 e. The number of hydrogen-bond donors (Lipinski definition) is 2. The number of Topliss-reactive ketones (excluding diaryl/α,β-unsaturated/α-hetero) is 1. The molecule has 0 unspecified atom stereocenters. The minimum atomic E-state index is -0.906. The van der Waals surface area contributed by atoms with Gasteiger partial charge in [-0.05, 0) is 54.5 Å². The smallest absolute Gasteiger partial charge is 0.303 e. The van der Waals surface area contributed by atoms with E-state index in [0.717, 1.165) is 16.5 Å². The number of ketones is 1. The number of unbranched alkanes of at least 4 members (excludes halogenated alkanes) is 1. The molecule has 0 spiro atoms. The van der Waals surface area contributed by atoms with Crippen LogP contribution in [0.25, 0.3) is 10.8 Å². The van der Waals surface area contributed by atoms with Crippen LogP contribution in [0, 0.1) is 11.8 Å². The normalized spacial score (nSPS) is 23.9. The van der Waals surface area contributed by atoms with Crippen LogP contribution in [-0.2, 0) is 19.1 Å². The van der Waals surface area contributed by atoms with Crippen LogP contribution in [-0.4, -0.2) is 53.7 Å². The molecule has 0 amide bonds. The van der Waals surface area contributed by atoms with Crippen molar-refractivity contribution in [2.24, 2.45) is 11.8 Å². The quantitative estimate of drug-likeness (QED) is 0.339. The van der Waals surface area contributed by atoms with Crippen LogP contribution in [0.3, 0.4) is 0 Å². The van der Waals surface area contributed by atoms with E-state index in [2.05, 4.69) is 6.07 Å². The number of aliphatic hydroxyl groups excluding tert-OH is 1. The van der Waals surface area contributed by atoms with Gasteiger partial charge in [0, 0.05) is 25.2 Å². The molecule has 1 saturated carbocycles. The summed E-state index contributed by atoms with van der Waals surface area (Å²) in [6.45, 7) is 1.18. The topological polar surface area (TPSA) is 102 Å². The van der Waals surface area contributed by atoms with Gasteiger partial charge in [0.1, 0.15) is 18.1 Å². The van der Waals surface area contributed by atoms with E-state index >= 15 is 0 Å². The van der Waals surface area contributed by atoms with Crippen molar-refractivity contribution in [1.82, 2.24) is 0 Å². The van der Waals surface area contributed by atoms with Gasteiger partial charge in [-0.3, -0.25) is 9.59 Å². The van der Waals surface area contributed by atoms with Crippen LogP contribution in [0.5, 0.6) is 5.75 Å². The number of carboxylic acids is 1. The predicted molar refractivity (Wildman–Crippen MR) is 131 cm³/mol. The summed E-state index contributed by atoms with van der Waals surface area (Å²) < 4.78 is 18.0. The van der Waals surface area contributed by atoms with Crippen molar-refractivity contribution in [1.29, 1.82) is 0 Å². The fourth-order valence-electron chi connectivity index (χ4n) is 5.08. The molecule has 1 aliphatic heterocycles. The molecule has 2 aromatic carbocycles. The fourth-order valence-corrected chi connectivity index (χ4v) is 5.08. The first-order valence-corrected chi connectivity index (χ1v) is 12.4. The van der Waals surface area contributed by atoms with Gasteiger partial charge in [0.15, 0.2) is 0 Å². The second-order valence-corrected chi connectivity index (χ2v) is 9.45. The number of ether oxygens (including phenoxy) is 3. The molecule has 7 heteroatoms. The number of rotatable bonds is 12. The highest BCUT2D eigenvalue weighted by molar-refractivity contribution is 5.84. The van der Waals surface area contributed by atoms with Crippen molar-refractivity contribution in [2.75, 3.05) is 19.8 Å². The average molecular weight is 483 g/mol. The van der Waals surface area contributed by atoms with Crippen LogP contribution in [0.4, 0.5) is 0 Å². The van der Waals surface area contributed by atoms with E-state index in [4.69, 9.17) is 19.3 Å². The average Bonchev–Trinajstić information content (AvgIpc) is 3.42. The summed E-state index contributed by atoms with van der Waals surface area (Å²) in [7, 11) is 0. The van der Waals surface area contributed by atoms with Gasteiger partial charge in [-0.25, -0.2) is 0 Å². The van der Waals surface area contributed by atoms with Crippen LogP contribution in [0.15, 0.2) is 54.6 Å². The molecule has 35 heavy (non-hydrogen) atoms. The third-order valence-electron chi connectivity index (χ3n) is 7.00. The van der Waals surface area contributed by atoms with E-state index in [9.17, 15) is 14.7 Å². The lowest BCUT2D eigenvalue weighted by Gasteiger charge is -2.29. The lowest BCUT2D eigenvalue weighted by Crippen LogP contribution is -2.38. The molecule has 0 aromatic heterocycles. The van der Waals surface area contributed by atoms with Gasteiger partial charge in [0.25, 0.3) is 0 Å². The Bertz CT molecular complexity index is 1040. The van der Waals surface area contributed by atoms with E-state index in [1.165, 1.54) is 0 Å². The van der Waals surface area contributed by atoms with Gasteiger partial charge in [-0.2, -0.15) is 0 Å². The zero-order valence-corrected chi connectivity index (χ0v) is 19.9. The molecule has 2 N–H and O–H groups in total. The molecule has 1 aliphatic carbocycles. The number of carbonyl (C=O) groups excluding carboxylic acids is 1. The largest absolute Gasteiger partial charge is 0.488 e. The van der Waals surface area contributed by atoms with E-state index in [1.54, 1.807) is 0 Å². The van der Waals surface area contributed by atoms with Crippen molar-refractivity contribution in [3.63, 3.8) is 0 Å². The van der Waals surface area contributed by atoms with E-state index in [-0.39, 0.29) is 37.1 Å². The lowest BCUT2D eigenvalue weighted by molar-refractivity contribution is -0.184. The van der Waals surface area contributed by atoms with Crippen molar-refractivity contribution in [2.45, 2.75) is 56.8 Å². The molecule has 3 atom stereocenters. The maximum atomic E-state index is 12.7. The summed E-state index contributed by atoms with van der Waals surface area (Å²) in [6, 6.07) is 14.0. The summed E-state index contributed by atoms with van der Waals surface area (Å²) in [5.41, 5.74) is 0. The number of aliphatic carboxylic acids is 1. The first kappa shape index (κ1) is 25.4. The molecule has 7 nitrogen and oxygen atoms in total. The standard InChI is InChI=1S/C28H34O7/c29-25-18-26(30)24(23(25)9-3-1-2-4-10-27(31)32)13-14-28(34-15-16-35-28)19-33-22-12-11-20-7-5-6-8-21(20)17-22/h1,3,5-8,11-12,17,23-25,29H,2,4,9-10,13-16,18-19H2,(H,31,32)/b3-1-/t23-,24-,25+/m1/s1. The van der Waals surface area contributed by atoms with Crippen LogP contribution < -0.4 is 4.74 Å². The molecular weight excluding hydrogens is 448 g/mol. The Balaban J connectivity index is 1.33. The zero-order chi connectivity index (χ0) is 24.7. The molecule has 2 aliphatic rings. The molecule has 0 radical (unpaired) electrons. The van der Waals surface area contributed by atoms with Gasteiger partial charge in [0.2, 0.25) is 5.79 Å². The summed E-state index contributed by atoms with van der Waals surface area (Å²) in [5.74, 6) is -1.32. The highest BCUT2D eigenvalue weighted by atomic mass is 16.8. The minimum absolute atomic E-state index is 0.0744. The molecular formula is C28H34O7. The Morgan fingerprint density at radius 2 is 1.89 bits per heavy atom. The van der Waals surface area contributed by atoms with Crippen molar-refractivity contribution in [3.05, 3.63) is 54.6 Å². The third kappa shape index (κ3) is 6.69. The first-order valence-electron chi connectivity index (χ1n) is 12.4. The van der Waals surface area contributed by atoms with Gasteiger partial charge < -0.3 is 24.4 Å². The molecule has 0 bridgehead atoms. The van der Waals surface area contributed by atoms with Gasteiger partial charge >= 0.3 is 5.97 Å². The second kappa shape index (κ2) is 11.8. The van der Waals surface area contributed by atoms with Gasteiger partial charge in [0.05, 0.1) is 19.3 Å². The molecule has 4 rings (SSSR count). The minimum Gasteiger partial charge on any atom is -0.488 e. The number of carboxylic acid groups (broad SMARTS) is 1. The number of benzene rings is 2. The Labute approximate surface area is 205 Å². The fraction of sp³-hybridized carbons (Fsp3) is 0.500. The van der Waals surface area contributed by atoms with E-state index in [1.807, 2.05) is 48.6 Å². The van der Waals surface area contributed by atoms with Crippen LogP contribution in [0.1, 0.15) is 44.9 Å². The van der Waals surface area contributed by atoms with Crippen molar-refractivity contribution in [3.8, 4) is 5.75 Å². The van der Waals surface area contributed by atoms with Crippen molar-refractivity contribution >= 4 is 22.5 Å². The predicted octanol–water partition coefficient (Wildman–Crippen LogP) is 4.51. The summed E-state index contributed by atoms with van der Waals surface area (Å²) >= 11 is 0. The number of aliphatic hydroxyl groups is 1. The highest BCUT2D eigenvalue weighted by Gasteiger charge is 2.44. The second-order valence-electron chi connectivity index (χ2n) is 9.45. The van der Waals surface area contributed by atoms with Gasteiger partial charge in [-0.1, -0.05) is 42.5 Å². The zero-order valence-electron chi connectivity index (χ0n) is 19.9. The number of hydrogen-bond acceptors (Lipinski definition) is 6. The Morgan fingerprint density at radius 1 is 1.11 bits per heavy atom.